The van der Waals surface area contributed by atoms with Gasteiger partial charge in [0.15, 0.2) is 11.6 Å². The van der Waals surface area contributed by atoms with Crippen LogP contribution in [0.15, 0.2) is 42.5 Å². The lowest BCUT2D eigenvalue weighted by molar-refractivity contribution is -0.141. The number of hydrogen-bond donors (Lipinski definition) is 1. The van der Waals surface area contributed by atoms with Crippen molar-refractivity contribution in [2.45, 2.75) is 58.5 Å². The number of unbranched alkanes of at least 4 members (excludes halogenated alkanes) is 1. The summed E-state index contributed by atoms with van der Waals surface area (Å²) in [6.07, 6.45) is 3.13. The number of sulfonamides is 1. The molecule has 0 heterocycles. The Morgan fingerprint density at radius 2 is 1.70 bits per heavy atom. The minimum absolute atomic E-state index is 0.0337. The molecule has 0 aliphatic carbocycles. The van der Waals surface area contributed by atoms with Gasteiger partial charge in [-0.15, -0.1) is 0 Å². The van der Waals surface area contributed by atoms with Gasteiger partial charge in [0, 0.05) is 37.1 Å². The quantitative estimate of drug-likeness (QED) is 0.335. The van der Waals surface area contributed by atoms with Crippen LogP contribution in [0.2, 0.25) is 5.02 Å². The van der Waals surface area contributed by atoms with E-state index in [1.165, 1.54) is 11.0 Å². The smallest absolute Gasteiger partial charge is 0.242 e. The maximum atomic E-state index is 13.7. The highest BCUT2D eigenvalue weighted by Gasteiger charge is 2.29. The summed E-state index contributed by atoms with van der Waals surface area (Å²) in [5.41, 5.74) is 0.755. The van der Waals surface area contributed by atoms with Gasteiger partial charge < -0.3 is 10.2 Å². The highest BCUT2D eigenvalue weighted by molar-refractivity contribution is 7.92. The highest BCUT2D eigenvalue weighted by Crippen LogP contribution is 2.22. The Balaban J connectivity index is 2.20. The Morgan fingerprint density at radius 1 is 1.03 bits per heavy atom. The van der Waals surface area contributed by atoms with E-state index in [-0.39, 0.29) is 43.4 Å². The van der Waals surface area contributed by atoms with Crippen molar-refractivity contribution in [1.29, 1.82) is 0 Å². The monoisotopic (exact) mass is 557 g/mol. The molecule has 2 amide bonds. The first kappa shape index (κ1) is 30.5. The first-order valence-corrected chi connectivity index (χ1v) is 14.4. The SMILES string of the molecule is CCCCNC(=O)[C@H](CC)N(Cc1ccc(Cl)cc1)C(=O)CCCN(c1ccc(F)c(F)c1)S(C)(=O)=O. The van der Waals surface area contributed by atoms with Crippen LogP contribution in [0.3, 0.4) is 0 Å². The molecule has 0 saturated heterocycles. The second-order valence-corrected chi connectivity index (χ2v) is 11.1. The van der Waals surface area contributed by atoms with Gasteiger partial charge in [0.2, 0.25) is 21.8 Å². The largest absolute Gasteiger partial charge is 0.354 e. The molecule has 2 aromatic carbocycles. The van der Waals surface area contributed by atoms with Crippen molar-refractivity contribution in [2.75, 3.05) is 23.7 Å². The molecule has 37 heavy (non-hydrogen) atoms. The van der Waals surface area contributed by atoms with E-state index >= 15 is 0 Å². The van der Waals surface area contributed by atoms with E-state index in [0.29, 0.717) is 18.0 Å². The first-order chi connectivity index (χ1) is 17.5. The van der Waals surface area contributed by atoms with Gasteiger partial charge in [-0.25, -0.2) is 17.2 Å². The fourth-order valence-corrected chi connectivity index (χ4v) is 4.94. The molecule has 1 atom stereocenters. The number of rotatable bonds is 14. The van der Waals surface area contributed by atoms with Crippen LogP contribution in [0.25, 0.3) is 0 Å². The molecule has 2 rings (SSSR count). The minimum atomic E-state index is -3.82. The second-order valence-electron chi connectivity index (χ2n) is 8.75. The van der Waals surface area contributed by atoms with E-state index in [1.54, 1.807) is 24.3 Å². The lowest BCUT2D eigenvalue weighted by Crippen LogP contribution is -2.49. The Morgan fingerprint density at radius 3 is 2.27 bits per heavy atom. The number of hydrogen-bond acceptors (Lipinski definition) is 4. The third-order valence-electron chi connectivity index (χ3n) is 5.82. The highest BCUT2D eigenvalue weighted by atomic mass is 35.5. The van der Waals surface area contributed by atoms with Crippen LogP contribution in [-0.2, 0) is 26.2 Å². The average molecular weight is 558 g/mol. The van der Waals surface area contributed by atoms with Gasteiger partial charge >= 0.3 is 0 Å². The molecule has 7 nitrogen and oxygen atoms in total. The summed E-state index contributed by atoms with van der Waals surface area (Å²) in [6.45, 7) is 4.39. The Hall–Kier alpha value is -2.72. The number of carbonyl (C=O) groups is 2. The first-order valence-electron chi connectivity index (χ1n) is 12.2. The predicted octanol–water partition coefficient (Wildman–Crippen LogP) is 4.89. The van der Waals surface area contributed by atoms with Gasteiger partial charge in [0.1, 0.15) is 6.04 Å². The van der Waals surface area contributed by atoms with Crippen LogP contribution in [0.5, 0.6) is 0 Å². The molecule has 2 aromatic rings. The number of nitrogens with zero attached hydrogens (tertiary/aromatic N) is 2. The van der Waals surface area contributed by atoms with Crippen molar-refractivity contribution in [2.24, 2.45) is 0 Å². The van der Waals surface area contributed by atoms with Gasteiger partial charge in [0.25, 0.3) is 0 Å². The number of carbonyl (C=O) groups excluding carboxylic acids is 2. The second kappa shape index (κ2) is 14.3. The third kappa shape index (κ3) is 9.27. The molecular formula is C26H34ClF2N3O4S. The van der Waals surface area contributed by atoms with Gasteiger partial charge in [-0.2, -0.15) is 0 Å². The number of amides is 2. The zero-order valence-corrected chi connectivity index (χ0v) is 22.9. The van der Waals surface area contributed by atoms with E-state index in [9.17, 15) is 26.8 Å². The molecule has 0 unspecified atom stereocenters. The standard InChI is InChI=1S/C26H34ClF2N3O4S/c1-4-6-15-30-26(34)24(5-2)31(18-19-9-11-20(27)12-10-19)25(33)8-7-16-32(37(3,35)36)21-13-14-22(28)23(29)17-21/h9-14,17,24H,4-8,15-16,18H2,1-3H3,(H,30,34)/t24-/m0/s1. The summed E-state index contributed by atoms with van der Waals surface area (Å²) in [5, 5.41) is 3.43. The number of halogens is 3. The van der Waals surface area contributed by atoms with E-state index in [0.717, 1.165) is 41.1 Å². The summed E-state index contributed by atoms with van der Waals surface area (Å²) in [5.74, 6) is -2.84. The number of anilines is 1. The molecule has 1 N–H and O–H groups in total. The van der Waals surface area contributed by atoms with E-state index in [4.69, 9.17) is 11.6 Å². The predicted molar refractivity (Wildman–Crippen MR) is 142 cm³/mol. The lowest BCUT2D eigenvalue weighted by atomic mass is 10.1. The lowest BCUT2D eigenvalue weighted by Gasteiger charge is -2.31. The van der Waals surface area contributed by atoms with Crippen LogP contribution < -0.4 is 9.62 Å². The third-order valence-corrected chi connectivity index (χ3v) is 7.27. The Bertz CT molecular complexity index is 1160. The van der Waals surface area contributed by atoms with Gasteiger partial charge in [-0.1, -0.05) is 44.0 Å². The summed E-state index contributed by atoms with van der Waals surface area (Å²) < 4.78 is 52.7. The summed E-state index contributed by atoms with van der Waals surface area (Å²) in [7, 11) is -3.82. The fourth-order valence-electron chi connectivity index (χ4n) is 3.86. The van der Waals surface area contributed by atoms with E-state index in [1.807, 2.05) is 13.8 Å². The van der Waals surface area contributed by atoms with Crippen molar-refractivity contribution < 1.29 is 26.8 Å². The molecule has 0 fully saturated rings. The molecule has 0 radical (unpaired) electrons. The van der Waals surface area contributed by atoms with E-state index < -0.39 is 27.7 Å². The molecule has 0 saturated carbocycles. The number of benzene rings is 2. The Labute approximate surface area is 222 Å². The molecule has 0 aromatic heterocycles. The minimum Gasteiger partial charge on any atom is -0.354 e. The molecule has 0 bridgehead atoms. The summed E-state index contributed by atoms with van der Waals surface area (Å²) in [6, 6.07) is 9.07. The number of nitrogens with one attached hydrogen (secondary N) is 1. The maximum Gasteiger partial charge on any atom is 0.242 e. The van der Waals surface area contributed by atoms with Crippen LogP contribution in [0, 0.1) is 11.6 Å². The topological polar surface area (TPSA) is 86.8 Å². The van der Waals surface area contributed by atoms with Gasteiger partial charge in [0.05, 0.1) is 11.9 Å². The molecule has 204 valence electrons. The van der Waals surface area contributed by atoms with Crippen molar-refractivity contribution in [3.05, 3.63) is 64.7 Å². The van der Waals surface area contributed by atoms with Crippen LogP contribution >= 0.6 is 11.6 Å². The van der Waals surface area contributed by atoms with Crippen LogP contribution in [-0.4, -0.2) is 50.5 Å². The van der Waals surface area contributed by atoms with Crippen molar-refractivity contribution in [1.82, 2.24) is 10.2 Å². The van der Waals surface area contributed by atoms with Crippen LogP contribution in [0.4, 0.5) is 14.5 Å². The average Bonchev–Trinajstić information content (AvgIpc) is 2.84. The normalized spacial score (nSPS) is 12.2. The molecule has 11 heteroatoms. The molecular weight excluding hydrogens is 524 g/mol. The maximum absolute atomic E-state index is 13.7. The zero-order valence-electron chi connectivity index (χ0n) is 21.3. The zero-order chi connectivity index (χ0) is 27.6. The van der Waals surface area contributed by atoms with Crippen molar-refractivity contribution >= 4 is 39.1 Å². The molecule has 0 aliphatic heterocycles. The molecule has 0 aliphatic rings. The van der Waals surface area contributed by atoms with Gasteiger partial charge in [-0.05, 0) is 49.1 Å². The summed E-state index contributed by atoms with van der Waals surface area (Å²) >= 11 is 5.98. The fraction of sp³-hybridized carbons (Fsp3) is 0.462. The van der Waals surface area contributed by atoms with Crippen molar-refractivity contribution in [3.63, 3.8) is 0 Å². The van der Waals surface area contributed by atoms with Gasteiger partial charge in [-0.3, -0.25) is 13.9 Å². The van der Waals surface area contributed by atoms with Crippen LogP contribution in [0.1, 0.15) is 51.5 Å². The summed E-state index contributed by atoms with van der Waals surface area (Å²) in [4.78, 5) is 27.8. The van der Waals surface area contributed by atoms with E-state index in [2.05, 4.69) is 5.32 Å². The van der Waals surface area contributed by atoms with Crippen molar-refractivity contribution in [3.8, 4) is 0 Å². The Kier molecular flexibility index (Phi) is 11.8. The molecule has 0 spiro atoms.